The molecule has 0 unspecified atom stereocenters. The number of carbonyl (C=O) groups is 3. The van der Waals surface area contributed by atoms with E-state index < -0.39 is 0 Å². The van der Waals surface area contributed by atoms with E-state index in [9.17, 15) is 14.4 Å². The molecule has 0 saturated heterocycles. The van der Waals surface area contributed by atoms with E-state index in [0.29, 0.717) is 40.4 Å². The van der Waals surface area contributed by atoms with Crippen molar-refractivity contribution in [2.75, 3.05) is 17.6 Å². The Morgan fingerprint density at radius 2 is 1.58 bits per heavy atom. The third kappa shape index (κ3) is 4.81. The van der Waals surface area contributed by atoms with Crippen molar-refractivity contribution in [3.8, 4) is 0 Å². The van der Waals surface area contributed by atoms with Gasteiger partial charge in [-0.05, 0) is 66.8 Å². The van der Waals surface area contributed by atoms with Crippen molar-refractivity contribution in [3.05, 3.63) is 94.5 Å². The SMILES string of the molecule is O=C(Nc1ccc(SCCCN2C(=O)c3ccccc3C2=O)cc1)c1cccc(Cl)c1. The lowest BCUT2D eigenvalue weighted by atomic mass is 10.1. The zero-order chi connectivity index (χ0) is 21.8. The second kappa shape index (κ2) is 9.37. The third-order valence-electron chi connectivity index (χ3n) is 4.87. The Kier molecular flexibility index (Phi) is 6.39. The molecule has 4 rings (SSSR count). The number of thioether (sulfide) groups is 1. The molecule has 0 saturated carbocycles. The standard InChI is InChI=1S/C24H19ClN2O3S/c25-17-6-3-5-16(15-17)22(28)26-18-9-11-19(12-10-18)31-14-4-13-27-23(29)20-7-1-2-8-21(20)24(27)30/h1-3,5-12,15H,4,13-14H2,(H,26,28). The first kappa shape index (κ1) is 21.2. The molecule has 31 heavy (non-hydrogen) atoms. The number of amides is 3. The fraction of sp³-hybridized carbons (Fsp3) is 0.125. The molecule has 0 atom stereocenters. The monoisotopic (exact) mass is 450 g/mol. The Hall–Kier alpha value is -3.09. The van der Waals surface area contributed by atoms with Gasteiger partial charge in [-0.2, -0.15) is 0 Å². The molecule has 3 aromatic carbocycles. The smallest absolute Gasteiger partial charge is 0.261 e. The largest absolute Gasteiger partial charge is 0.322 e. The Balaban J connectivity index is 1.25. The molecule has 1 aliphatic heterocycles. The Morgan fingerprint density at radius 3 is 2.23 bits per heavy atom. The molecule has 0 radical (unpaired) electrons. The minimum atomic E-state index is -0.219. The fourth-order valence-corrected chi connectivity index (χ4v) is 4.35. The Bertz CT molecular complexity index is 1110. The second-order valence-electron chi connectivity index (χ2n) is 7.00. The zero-order valence-electron chi connectivity index (χ0n) is 16.5. The van der Waals surface area contributed by atoms with Gasteiger partial charge in [-0.15, -0.1) is 11.8 Å². The molecule has 3 aromatic rings. The summed E-state index contributed by atoms with van der Waals surface area (Å²) in [7, 11) is 0. The maximum absolute atomic E-state index is 12.4. The van der Waals surface area contributed by atoms with Crippen LogP contribution in [0.15, 0.2) is 77.7 Å². The lowest BCUT2D eigenvalue weighted by molar-refractivity contribution is 0.0654. The summed E-state index contributed by atoms with van der Waals surface area (Å²) in [4.78, 5) is 39.4. The maximum atomic E-state index is 12.4. The first-order valence-corrected chi connectivity index (χ1v) is 11.1. The van der Waals surface area contributed by atoms with Crippen molar-refractivity contribution < 1.29 is 14.4 Å². The van der Waals surface area contributed by atoms with Crippen LogP contribution < -0.4 is 5.32 Å². The normalized spacial score (nSPS) is 12.7. The number of imide groups is 1. The van der Waals surface area contributed by atoms with Gasteiger partial charge in [-0.3, -0.25) is 19.3 Å². The van der Waals surface area contributed by atoms with E-state index in [1.807, 2.05) is 24.3 Å². The number of fused-ring (bicyclic) bond motifs is 1. The highest BCUT2D eigenvalue weighted by atomic mass is 35.5. The van der Waals surface area contributed by atoms with Crippen LogP contribution in [0.25, 0.3) is 0 Å². The van der Waals surface area contributed by atoms with Crippen LogP contribution >= 0.6 is 23.4 Å². The summed E-state index contributed by atoms with van der Waals surface area (Å²) in [5, 5.41) is 3.36. The van der Waals surface area contributed by atoms with Crippen LogP contribution in [0.3, 0.4) is 0 Å². The maximum Gasteiger partial charge on any atom is 0.261 e. The molecular formula is C24H19ClN2O3S. The number of carbonyl (C=O) groups excluding carboxylic acids is 3. The van der Waals surface area contributed by atoms with Crippen molar-refractivity contribution in [1.29, 1.82) is 0 Å². The molecule has 1 aliphatic rings. The van der Waals surface area contributed by atoms with Gasteiger partial charge in [0.05, 0.1) is 11.1 Å². The third-order valence-corrected chi connectivity index (χ3v) is 6.21. The average molecular weight is 451 g/mol. The van der Waals surface area contributed by atoms with Crippen LogP contribution in [0.4, 0.5) is 5.69 Å². The topological polar surface area (TPSA) is 66.5 Å². The van der Waals surface area contributed by atoms with Crippen LogP contribution in [0.2, 0.25) is 5.02 Å². The number of halogens is 1. The van der Waals surface area contributed by atoms with Gasteiger partial charge in [-0.25, -0.2) is 0 Å². The van der Waals surface area contributed by atoms with Gasteiger partial charge < -0.3 is 5.32 Å². The van der Waals surface area contributed by atoms with Crippen LogP contribution in [0.1, 0.15) is 37.5 Å². The molecule has 5 nitrogen and oxygen atoms in total. The van der Waals surface area contributed by atoms with Gasteiger partial charge in [0.15, 0.2) is 0 Å². The van der Waals surface area contributed by atoms with E-state index in [4.69, 9.17) is 11.6 Å². The average Bonchev–Trinajstić information content (AvgIpc) is 3.02. The number of nitrogens with zero attached hydrogens (tertiary/aromatic N) is 1. The molecular weight excluding hydrogens is 432 g/mol. The lowest BCUT2D eigenvalue weighted by Crippen LogP contribution is -2.30. The van der Waals surface area contributed by atoms with Crippen molar-refractivity contribution in [3.63, 3.8) is 0 Å². The van der Waals surface area contributed by atoms with Gasteiger partial charge in [-0.1, -0.05) is 29.8 Å². The summed E-state index contributed by atoms with van der Waals surface area (Å²) in [6, 6.07) is 21.3. The summed E-state index contributed by atoms with van der Waals surface area (Å²) in [6.45, 7) is 0.396. The summed E-state index contributed by atoms with van der Waals surface area (Å²) < 4.78 is 0. The van der Waals surface area contributed by atoms with Gasteiger partial charge in [0.25, 0.3) is 17.7 Å². The van der Waals surface area contributed by atoms with E-state index in [1.165, 1.54) is 4.90 Å². The first-order valence-electron chi connectivity index (χ1n) is 9.78. The number of hydrogen-bond donors (Lipinski definition) is 1. The second-order valence-corrected chi connectivity index (χ2v) is 8.60. The molecule has 1 N–H and O–H groups in total. The Morgan fingerprint density at radius 1 is 0.903 bits per heavy atom. The summed E-state index contributed by atoms with van der Waals surface area (Å²) in [5.41, 5.74) is 2.16. The molecule has 0 fully saturated rings. The van der Waals surface area contributed by atoms with E-state index in [-0.39, 0.29) is 17.7 Å². The summed E-state index contributed by atoms with van der Waals surface area (Å²) >= 11 is 7.57. The molecule has 7 heteroatoms. The number of anilines is 1. The van der Waals surface area contributed by atoms with E-state index in [0.717, 1.165) is 10.6 Å². The van der Waals surface area contributed by atoms with Crippen LogP contribution in [-0.4, -0.2) is 34.9 Å². The number of hydrogen-bond acceptors (Lipinski definition) is 4. The molecule has 0 spiro atoms. The van der Waals surface area contributed by atoms with E-state index in [1.54, 1.807) is 60.3 Å². The zero-order valence-corrected chi connectivity index (χ0v) is 18.1. The van der Waals surface area contributed by atoms with Crippen LogP contribution in [0.5, 0.6) is 0 Å². The van der Waals surface area contributed by atoms with E-state index >= 15 is 0 Å². The highest BCUT2D eigenvalue weighted by Crippen LogP contribution is 2.25. The molecule has 156 valence electrons. The lowest BCUT2D eigenvalue weighted by Gasteiger charge is -2.13. The highest BCUT2D eigenvalue weighted by molar-refractivity contribution is 7.99. The number of benzene rings is 3. The molecule has 3 amide bonds. The number of nitrogens with one attached hydrogen (secondary N) is 1. The minimum Gasteiger partial charge on any atom is -0.322 e. The van der Waals surface area contributed by atoms with Crippen molar-refractivity contribution in [2.45, 2.75) is 11.3 Å². The first-order chi connectivity index (χ1) is 15.0. The summed E-state index contributed by atoms with van der Waals surface area (Å²) in [5.74, 6) is 0.112. The highest BCUT2D eigenvalue weighted by Gasteiger charge is 2.34. The molecule has 0 aromatic heterocycles. The molecule has 1 heterocycles. The molecule has 0 aliphatic carbocycles. The van der Waals surface area contributed by atoms with Gasteiger partial charge in [0.2, 0.25) is 0 Å². The fourth-order valence-electron chi connectivity index (χ4n) is 3.32. The quantitative estimate of drug-likeness (QED) is 0.298. The number of rotatable bonds is 7. The van der Waals surface area contributed by atoms with Gasteiger partial charge in [0, 0.05) is 27.7 Å². The van der Waals surface area contributed by atoms with Gasteiger partial charge in [0.1, 0.15) is 0 Å². The van der Waals surface area contributed by atoms with Crippen LogP contribution in [0, 0.1) is 0 Å². The molecule has 0 bridgehead atoms. The van der Waals surface area contributed by atoms with Crippen molar-refractivity contribution in [1.82, 2.24) is 4.90 Å². The van der Waals surface area contributed by atoms with E-state index in [2.05, 4.69) is 5.32 Å². The van der Waals surface area contributed by atoms with Crippen molar-refractivity contribution >= 4 is 46.8 Å². The summed E-state index contributed by atoms with van der Waals surface area (Å²) in [6.07, 6.45) is 0.698. The predicted octanol–water partition coefficient (Wildman–Crippen LogP) is 5.37. The Labute approximate surface area is 189 Å². The van der Waals surface area contributed by atoms with Crippen molar-refractivity contribution in [2.24, 2.45) is 0 Å². The van der Waals surface area contributed by atoms with Gasteiger partial charge >= 0.3 is 0 Å². The predicted molar refractivity (Wildman–Crippen MR) is 123 cm³/mol. The minimum absolute atomic E-state index is 0.217. The van der Waals surface area contributed by atoms with Crippen LogP contribution in [-0.2, 0) is 0 Å².